The van der Waals surface area contributed by atoms with Crippen LogP contribution in [-0.4, -0.2) is 6.54 Å². The molecule has 0 amide bonds. The van der Waals surface area contributed by atoms with E-state index in [1.54, 1.807) is 25.1 Å². The minimum atomic E-state index is -0.613. The number of likely N-dealkylation sites (N-methyl/N-ethyl adjacent to an activating group) is 1. The highest BCUT2D eigenvalue weighted by molar-refractivity contribution is 5.30. The lowest BCUT2D eigenvalue weighted by Crippen LogP contribution is -2.24. The fourth-order valence-corrected chi connectivity index (χ4v) is 2.38. The van der Waals surface area contributed by atoms with Gasteiger partial charge >= 0.3 is 0 Å². The number of rotatable bonds is 5. The molecule has 0 bridgehead atoms. The molecule has 112 valence electrons. The smallest absolute Gasteiger partial charge is 0.130 e. The Labute approximate surface area is 122 Å². The van der Waals surface area contributed by atoms with Crippen molar-refractivity contribution in [3.8, 4) is 0 Å². The van der Waals surface area contributed by atoms with Crippen molar-refractivity contribution in [3.05, 3.63) is 70.5 Å². The van der Waals surface area contributed by atoms with Crippen LogP contribution in [0, 0.1) is 24.4 Å². The number of aryl methyl sites for hydroxylation is 1. The lowest BCUT2D eigenvalue weighted by atomic mass is 9.96. The highest BCUT2D eigenvalue weighted by atomic mass is 19.1. The first-order valence-electron chi connectivity index (χ1n) is 6.95. The van der Waals surface area contributed by atoms with Crippen molar-refractivity contribution >= 4 is 0 Å². The molecule has 0 aliphatic rings. The van der Waals surface area contributed by atoms with Gasteiger partial charge in [0.2, 0.25) is 0 Å². The Morgan fingerprint density at radius 1 is 1.10 bits per heavy atom. The third kappa shape index (κ3) is 3.64. The van der Waals surface area contributed by atoms with E-state index in [0.717, 1.165) is 6.07 Å². The van der Waals surface area contributed by atoms with E-state index in [-0.39, 0.29) is 18.3 Å². The van der Waals surface area contributed by atoms with E-state index < -0.39 is 11.6 Å². The third-order valence-corrected chi connectivity index (χ3v) is 3.49. The summed E-state index contributed by atoms with van der Waals surface area (Å²) in [6, 6.07) is 8.29. The maximum Gasteiger partial charge on any atom is 0.130 e. The molecule has 0 aliphatic heterocycles. The van der Waals surface area contributed by atoms with E-state index >= 15 is 0 Å². The van der Waals surface area contributed by atoms with Gasteiger partial charge in [-0.1, -0.05) is 31.2 Å². The van der Waals surface area contributed by atoms with Gasteiger partial charge in [-0.25, -0.2) is 13.2 Å². The first-order chi connectivity index (χ1) is 10.0. The second-order valence-corrected chi connectivity index (χ2v) is 5.03. The zero-order valence-corrected chi connectivity index (χ0v) is 12.1. The molecular formula is C17H18F3N. The van der Waals surface area contributed by atoms with Gasteiger partial charge in [0.1, 0.15) is 17.5 Å². The van der Waals surface area contributed by atoms with Crippen LogP contribution in [0.1, 0.15) is 29.7 Å². The van der Waals surface area contributed by atoms with Gasteiger partial charge in [0.15, 0.2) is 0 Å². The molecule has 4 heteroatoms. The van der Waals surface area contributed by atoms with Gasteiger partial charge in [0.25, 0.3) is 0 Å². The fourth-order valence-electron chi connectivity index (χ4n) is 2.38. The number of hydrogen-bond acceptors (Lipinski definition) is 1. The van der Waals surface area contributed by atoms with Gasteiger partial charge in [-0.15, -0.1) is 0 Å². The second-order valence-electron chi connectivity index (χ2n) is 5.03. The predicted octanol–water partition coefficient (Wildman–Crippen LogP) is 4.31. The summed E-state index contributed by atoms with van der Waals surface area (Å²) < 4.78 is 41.0. The van der Waals surface area contributed by atoms with Crippen LogP contribution in [0.4, 0.5) is 13.2 Å². The van der Waals surface area contributed by atoms with Gasteiger partial charge in [0, 0.05) is 17.7 Å². The van der Waals surface area contributed by atoms with E-state index in [4.69, 9.17) is 0 Å². The summed E-state index contributed by atoms with van der Waals surface area (Å²) in [6.45, 7) is 4.23. The van der Waals surface area contributed by atoms with Crippen LogP contribution in [0.15, 0.2) is 36.4 Å². The number of nitrogens with one attached hydrogen (secondary N) is 1. The van der Waals surface area contributed by atoms with Gasteiger partial charge in [-0.2, -0.15) is 0 Å². The third-order valence-electron chi connectivity index (χ3n) is 3.49. The SMILES string of the molecule is CCNC(Cc1ccc(F)cc1F)c1cccc(C)c1F. The zero-order chi connectivity index (χ0) is 15.4. The molecule has 21 heavy (non-hydrogen) atoms. The Hall–Kier alpha value is -1.81. The summed E-state index contributed by atoms with van der Waals surface area (Å²) in [6.07, 6.45) is 0.264. The van der Waals surface area contributed by atoms with Crippen molar-refractivity contribution in [1.29, 1.82) is 0 Å². The normalized spacial score (nSPS) is 12.4. The van der Waals surface area contributed by atoms with Gasteiger partial charge < -0.3 is 5.32 Å². The van der Waals surface area contributed by atoms with Crippen LogP contribution in [0.3, 0.4) is 0 Å². The van der Waals surface area contributed by atoms with E-state index in [1.807, 2.05) is 6.92 Å². The van der Waals surface area contributed by atoms with Crippen LogP contribution in [-0.2, 0) is 6.42 Å². The van der Waals surface area contributed by atoms with Crippen LogP contribution >= 0.6 is 0 Å². The fraction of sp³-hybridized carbons (Fsp3) is 0.294. The van der Waals surface area contributed by atoms with Gasteiger partial charge in [0.05, 0.1) is 0 Å². The van der Waals surface area contributed by atoms with Crippen molar-refractivity contribution in [2.24, 2.45) is 0 Å². The average Bonchev–Trinajstić information content (AvgIpc) is 2.44. The molecular weight excluding hydrogens is 275 g/mol. The lowest BCUT2D eigenvalue weighted by molar-refractivity contribution is 0.493. The Bertz CT molecular complexity index is 625. The molecule has 0 fully saturated rings. The molecule has 1 unspecified atom stereocenters. The van der Waals surface area contributed by atoms with Gasteiger partial charge in [-0.05, 0) is 37.1 Å². The summed E-state index contributed by atoms with van der Waals surface area (Å²) in [4.78, 5) is 0. The predicted molar refractivity (Wildman–Crippen MR) is 77.6 cm³/mol. The molecule has 2 rings (SSSR count). The molecule has 0 saturated carbocycles. The van der Waals surface area contributed by atoms with Gasteiger partial charge in [-0.3, -0.25) is 0 Å². The van der Waals surface area contributed by atoms with Crippen LogP contribution in [0.5, 0.6) is 0 Å². The Morgan fingerprint density at radius 3 is 2.52 bits per heavy atom. The van der Waals surface area contributed by atoms with Crippen molar-refractivity contribution in [1.82, 2.24) is 5.32 Å². The molecule has 1 N–H and O–H groups in total. The van der Waals surface area contributed by atoms with Crippen molar-refractivity contribution in [3.63, 3.8) is 0 Å². The van der Waals surface area contributed by atoms with E-state index in [0.29, 0.717) is 23.2 Å². The minimum Gasteiger partial charge on any atom is -0.310 e. The Morgan fingerprint density at radius 2 is 1.86 bits per heavy atom. The standard InChI is InChI=1S/C17H18F3N/c1-3-21-16(14-6-4-5-11(2)17(14)20)9-12-7-8-13(18)10-15(12)19/h4-8,10,16,21H,3,9H2,1-2H3. The van der Waals surface area contributed by atoms with Crippen molar-refractivity contribution in [2.75, 3.05) is 6.54 Å². The van der Waals surface area contributed by atoms with Crippen molar-refractivity contribution < 1.29 is 13.2 Å². The average molecular weight is 293 g/mol. The van der Waals surface area contributed by atoms with Crippen LogP contribution in [0.2, 0.25) is 0 Å². The maximum absolute atomic E-state index is 14.2. The van der Waals surface area contributed by atoms with Crippen molar-refractivity contribution in [2.45, 2.75) is 26.3 Å². The largest absolute Gasteiger partial charge is 0.310 e. The van der Waals surface area contributed by atoms with E-state index in [2.05, 4.69) is 5.32 Å². The Balaban J connectivity index is 2.33. The van der Waals surface area contributed by atoms with Crippen LogP contribution < -0.4 is 5.32 Å². The molecule has 0 radical (unpaired) electrons. The molecule has 1 nitrogen and oxygen atoms in total. The molecule has 0 spiro atoms. The first kappa shape index (κ1) is 15.6. The highest BCUT2D eigenvalue weighted by Gasteiger charge is 2.18. The van der Waals surface area contributed by atoms with Crippen LogP contribution in [0.25, 0.3) is 0 Å². The van der Waals surface area contributed by atoms with E-state index in [9.17, 15) is 13.2 Å². The summed E-state index contributed by atoms with van der Waals surface area (Å²) >= 11 is 0. The maximum atomic E-state index is 14.2. The summed E-state index contributed by atoms with van der Waals surface area (Å²) in [5, 5.41) is 3.16. The topological polar surface area (TPSA) is 12.0 Å². The quantitative estimate of drug-likeness (QED) is 0.866. The monoisotopic (exact) mass is 293 g/mol. The highest BCUT2D eigenvalue weighted by Crippen LogP contribution is 2.24. The summed E-state index contributed by atoms with van der Waals surface area (Å²) in [5.41, 5.74) is 1.42. The molecule has 0 heterocycles. The lowest BCUT2D eigenvalue weighted by Gasteiger charge is -2.20. The second kappa shape index (κ2) is 6.76. The number of halogens is 3. The minimum absolute atomic E-state index is 0.264. The Kier molecular flexibility index (Phi) is 5.02. The molecule has 2 aromatic carbocycles. The molecule has 0 aromatic heterocycles. The molecule has 1 atom stereocenters. The molecule has 0 aliphatic carbocycles. The summed E-state index contributed by atoms with van der Waals surface area (Å²) in [7, 11) is 0. The molecule has 0 saturated heterocycles. The number of benzene rings is 2. The summed E-state index contributed by atoms with van der Waals surface area (Å²) in [5.74, 6) is -1.50. The number of hydrogen-bond donors (Lipinski definition) is 1. The van der Waals surface area contributed by atoms with E-state index in [1.165, 1.54) is 12.1 Å². The zero-order valence-electron chi connectivity index (χ0n) is 12.1. The first-order valence-corrected chi connectivity index (χ1v) is 6.95. The molecule has 2 aromatic rings.